The first kappa shape index (κ1) is 10.1. The van der Waals surface area contributed by atoms with Crippen molar-refractivity contribution in [2.75, 3.05) is 0 Å². The molecule has 1 aliphatic rings. The molecule has 0 aromatic heterocycles. The van der Waals surface area contributed by atoms with Crippen molar-refractivity contribution in [2.24, 2.45) is 0 Å². The van der Waals surface area contributed by atoms with Gasteiger partial charge in [-0.2, -0.15) is 0 Å². The smallest absolute Gasteiger partial charge is 0.307 e. The van der Waals surface area contributed by atoms with Crippen LogP contribution in [0.3, 0.4) is 0 Å². The molecule has 1 rings (SSSR count). The highest BCUT2D eigenvalue weighted by Crippen LogP contribution is 2.20. The average molecular weight is 198 g/mol. The molecule has 0 saturated heterocycles. The van der Waals surface area contributed by atoms with Gasteiger partial charge in [0, 0.05) is 16.9 Å². The monoisotopic (exact) mass is 198 g/mol. The third kappa shape index (κ3) is 3.48. The molecule has 0 heterocycles. The lowest BCUT2D eigenvalue weighted by atomic mass is 10.1. The molecule has 0 spiro atoms. The number of carbonyl (C=O) groups is 1. The molecule has 0 amide bonds. The Morgan fingerprint density at radius 3 is 3.00 bits per heavy atom. The van der Waals surface area contributed by atoms with E-state index in [1.807, 2.05) is 12.2 Å². The zero-order valence-corrected chi connectivity index (χ0v) is 7.75. The molecular weight excluding hydrogens is 188 g/mol. The van der Waals surface area contributed by atoms with Crippen molar-refractivity contribution >= 4 is 18.0 Å². The Morgan fingerprint density at radius 2 is 2.38 bits per heavy atom. The van der Waals surface area contributed by atoms with Crippen LogP contribution in [0.4, 0.5) is 0 Å². The third-order valence-corrected chi connectivity index (χ3v) is 2.05. The molecule has 0 aromatic rings. The maximum absolute atomic E-state index is 10.4. The molecule has 4 heteroatoms. The van der Waals surface area contributed by atoms with Gasteiger partial charge in [0.1, 0.15) is 0 Å². The van der Waals surface area contributed by atoms with E-state index in [2.05, 4.69) is 0 Å². The van der Waals surface area contributed by atoms with E-state index in [0.29, 0.717) is 23.4 Å². The summed E-state index contributed by atoms with van der Waals surface area (Å²) in [6.45, 7) is 0. The minimum atomic E-state index is -0.855. The molecule has 2 N–H and O–H groups in total. The predicted molar refractivity (Wildman–Crippen MR) is 52.4 cm³/mol. The van der Waals surface area contributed by atoms with Crippen LogP contribution in [-0.4, -0.2) is 15.6 Å². The summed E-state index contributed by atoms with van der Waals surface area (Å²) >= 11 is 0.630. The van der Waals surface area contributed by atoms with Crippen molar-refractivity contribution in [3.05, 3.63) is 34.8 Å². The third-order valence-electron chi connectivity index (χ3n) is 1.59. The fraction of sp³-hybridized carbons (Fsp3) is 0.222. The number of carboxylic acid groups (broad SMARTS) is 1. The van der Waals surface area contributed by atoms with Crippen molar-refractivity contribution in [3.63, 3.8) is 0 Å². The summed E-state index contributed by atoms with van der Waals surface area (Å²) in [5.74, 6) is -0.855. The van der Waals surface area contributed by atoms with Gasteiger partial charge >= 0.3 is 5.97 Å². The van der Waals surface area contributed by atoms with Crippen LogP contribution in [0.2, 0.25) is 0 Å². The van der Waals surface area contributed by atoms with Crippen molar-refractivity contribution in [1.82, 2.24) is 0 Å². The van der Waals surface area contributed by atoms with Crippen LogP contribution in [0.15, 0.2) is 34.8 Å². The van der Waals surface area contributed by atoms with Gasteiger partial charge in [0.15, 0.2) is 0 Å². The van der Waals surface area contributed by atoms with E-state index in [1.54, 1.807) is 12.2 Å². The molecule has 0 radical (unpaired) electrons. The Bertz CT molecular complexity index is 289. The standard InChI is InChI=1S/C9H10O3S/c10-9(11)6-7-3-1-2-4-8(5-7)13-12/h2-5,12H,1,6H2,(H,10,11). The molecule has 0 aromatic carbocycles. The van der Waals surface area contributed by atoms with E-state index in [9.17, 15) is 4.79 Å². The van der Waals surface area contributed by atoms with Gasteiger partial charge in [-0.3, -0.25) is 4.79 Å². The van der Waals surface area contributed by atoms with Gasteiger partial charge in [-0.15, -0.1) is 0 Å². The van der Waals surface area contributed by atoms with E-state index in [1.165, 1.54) is 0 Å². The van der Waals surface area contributed by atoms with Crippen molar-refractivity contribution < 1.29 is 14.5 Å². The van der Waals surface area contributed by atoms with Crippen LogP contribution >= 0.6 is 12.0 Å². The summed E-state index contributed by atoms with van der Waals surface area (Å²) in [5.41, 5.74) is 0.731. The fourth-order valence-corrected chi connectivity index (χ4v) is 1.41. The van der Waals surface area contributed by atoms with Crippen LogP contribution in [0.5, 0.6) is 0 Å². The number of hydrogen-bond acceptors (Lipinski definition) is 3. The van der Waals surface area contributed by atoms with Gasteiger partial charge in [0.2, 0.25) is 0 Å². The quantitative estimate of drug-likeness (QED) is 0.684. The largest absolute Gasteiger partial charge is 0.481 e. The number of allylic oxidation sites excluding steroid dienone is 4. The van der Waals surface area contributed by atoms with Gasteiger partial charge in [0.05, 0.1) is 6.42 Å². The maximum atomic E-state index is 10.4. The number of aliphatic carboxylic acids is 1. The van der Waals surface area contributed by atoms with Gasteiger partial charge in [-0.05, 0) is 24.1 Å². The van der Waals surface area contributed by atoms with E-state index < -0.39 is 5.97 Å². The Morgan fingerprint density at radius 1 is 1.62 bits per heavy atom. The summed E-state index contributed by atoms with van der Waals surface area (Å²) in [7, 11) is 0. The molecular formula is C9H10O3S. The molecule has 70 valence electrons. The molecule has 1 aliphatic carbocycles. The molecule has 3 nitrogen and oxygen atoms in total. The summed E-state index contributed by atoms with van der Waals surface area (Å²) in [4.78, 5) is 11.1. The van der Waals surface area contributed by atoms with Crippen LogP contribution in [0, 0.1) is 0 Å². The molecule has 0 saturated carbocycles. The maximum Gasteiger partial charge on any atom is 0.307 e. The minimum Gasteiger partial charge on any atom is -0.481 e. The summed E-state index contributed by atoms with van der Waals surface area (Å²) in [6.07, 6.45) is 7.89. The first-order chi connectivity index (χ1) is 6.22. The molecule has 0 atom stereocenters. The lowest BCUT2D eigenvalue weighted by Gasteiger charge is -1.97. The highest BCUT2D eigenvalue weighted by atomic mass is 32.2. The van der Waals surface area contributed by atoms with Gasteiger partial charge in [-0.25, -0.2) is 0 Å². The summed E-state index contributed by atoms with van der Waals surface area (Å²) in [5, 5.41) is 8.56. The van der Waals surface area contributed by atoms with E-state index in [0.717, 1.165) is 5.57 Å². The normalized spacial score (nSPS) is 16.1. The van der Waals surface area contributed by atoms with E-state index in [4.69, 9.17) is 9.66 Å². The van der Waals surface area contributed by atoms with Crippen LogP contribution in [-0.2, 0) is 4.79 Å². The zero-order valence-electron chi connectivity index (χ0n) is 6.93. The van der Waals surface area contributed by atoms with E-state index in [-0.39, 0.29) is 6.42 Å². The van der Waals surface area contributed by atoms with Crippen LogP contribution < -0.4 is 0 Å². The molecule has 0 fully saturated rings. The summed E-state index contributed by atoms with van der Waals surface area (Å²) in [6, 6.07) is 0. The predicted octanol–water partition coefficient (Wildman–Crippen LogP) is 2.44. The highest BCUT2D eigenvalue weighted by molar-refractivity contribution is 7.97. The summed E-state index contributed by atoms with van der Waals surface area (Å²) < 4.78 is 8.79. The van der Waals surface area contributed by atoms with Gasteiger partial charge in [-0.1, -0.05) is 12.2 Å². The highest BCUT2D eigenvalue weighted by Gasteiger charge is 2.04. The average Bonchev–Trinajstić information content (AvgIpc) is 2.28. The first-order valence-corrected chi connectivity index (χ1v) is 4.60. The lowest BCUT2D eigenvalue weighted by Crippen LogP contribution is -1.95. The van der Waals surface area contributed by atoms with Gasteiger partial charge < -0.3 is 9.66 Å². The topological polar surface area (TPSA) is 57.5 Å². The van der Waals surface area contributed by atoms with Crippen molar-refractivity contribution in [3.8, 4) is 0 Å². The Kier molecular flexibility index (Phi) is 3.79. The van der Waals surface area contributed by atoms with Crippen LogP contribution in [0.25, 0.3) is 0 Å². The Labute approximate surface area is 80.7 Å². The SMILES string of the molecule is O=C(O)CC1=CCC=CC(SO)=C1. The fourth-order valence-electron chi connectivity index (χ4n) is 1.05. The van der Waals surface area contributed by atoms with Gasteiger partial charge in [0.25, 0.3) is 0 Å². The van der Waals surface area contributed by atoms with Crippen molar-refractivity contribution in [2.45, 2.75) is 12.8 Å². The second-order valence-electron chi connectivity index (χ2n) is 2.63. The van der Waals surface area contributed by atoms with E-state index >= 15 is 0 Å². The molecule has 0 bridgehead atoms. The number of hydrogen-bond donors (Lipinski definition) is 2. The molecule has 0 unspecified atom stereocenters. The second kappa shape index (κ2) is 4.89. The molecule has 13 heavy (non-hydrogen) atoms. The Balaban J connectivity index is 2.74. The number of rotatable bonds is 3. The molecule has 0 aliphatic heterocycles. The van der Waals surface area contributed by atoms with Crippen molar-refractivity contribution in [1.29, 1.82) is 0 Å². The minimum absolute atomic E-state index is 0.00569. The second-order valence-corrected chi connectivity index (χ2v) is 3.28. The zero-order chi connectivity index (χ0) is 9.68. The Hall–Kier alpha value is -1.00. The first-order valence-electron chi connectivity index (χ1n) is 3.83. The van der Waals surface area contributed by atoms with Crippen LogP contribution in [0.1, 0.15) is 12.8 Å². The lowest BCUT2D eigenvalue weighted by molar-refractivity contribution is -0.136. The number of carboxylic acids is 1.